The Bertz CT molecular complexity index is 196. The lowest BCUT2D eigenvalue weighted by atomic mass is 10.1. The van der Waals surface area contributed by atoms with Gasteiger partial charge in [0, 0.05) is 6.61 Å². The molecule has 0 bridgehead atoms. The minimum Gasteiger partial charge on any atom is -0.459 e. The van der Waals surface area contributed by atoms with E-state index in [1.165, 1.54) is 0 Å². The first-order chi connectivity index (χ1) is 6.86. The van der Waals surface area contributed by atoms with E-state index in [2.05, 4.69) is 5.32 Å². The van der Waals surface area contributed by atoms with Gasteiger partial charge in [0.25, 0.3) is 0 Å². The molecule has 2 unspecified atom stereocenters. The van der Waals surface area contributed by atoms with Gasteiger partial charge >= 0.3 is 5.97 Å². The molecule has 0 saturated carbocycles. The van der Waals surface area contributed by atoms with Gasteiger partial charge in [0.2, 0.25) is 0 Å². The predicted molar refractivity (Wildman–Crippen MR) is 51.0 cm³/mol. The van der Waals surface area contributed by atoms with Gasteiger partial charge in [-0.3, -0.25) is 4.79 Å². The predicted octanol–water partition coefficient (Wildman–Crippen LogP) is 0.461. The zero-order chi connectivity index (χ0) is 9.80. The van der Waals surface area contributed by atoms with Crippen molar-refractivity contribution in [1.29, 1.82) is 0 Å². The maximum absolute atomic E-state index is 11.6. The number of carbonyl (C=O) groups is 1. The van der Waals surface area contributed by atoms with Crippen LogP contribution in [0.5, 0.6) is 0 Å². The van der Waals surface area contributed by atoms with Gasteiger partial charge in [0.05, 0.1) is 6.61 Å². The lowest BCUT2D eigenvalue weighted by molar-refractivity contribution is -0.157. The van der Waals surface area contributed by atoms with Crippen LogP contribution in [-0.2, 0) is 14.3 Å². The van der Waals surface area contributed by atoms with Crippen LogP contribution in [-0.4, -0.2) is 37.9 Å². The van der Waals surface area contributed by atoms with Gasteiger partial charge < -0.3 is 14.8 Å². The first-order valence-corrected chi connectivity index (χ1v) is 5.38. The summed E-state index contributed by atoms with van der Waals surface area (Å²) in [6, 6.07) is -0.0723. The molecule has 4 heteroatoms. The van der Waals surface area contributed by atoms with E-state index in [1.54, 1.807) is 0 Å². The molecule has 4 nitrogen and oxygen atoms in total. The highest BCUT2D eigenvalue weighted by atomic mass is 16.6. The Labute approximate surface area is 84.0 Å². The lowest BCUT2D eigenvalue weighted by Crippen LogP contribution is -2.37. The molecular formula is C10H17NO3. The highest BCUT2D eigenvalue weighted by Gasteiger charge is 2.26. The molecule has 80 valence electrons. The van der Waals surface area contributed by atoms with Crippen molar-refractivity contribution in [3.63, 3.8) is 0 Å². The number of ether oxygens (including phenoxy) is 2. The average molecular weight is 199 g/mol. The molecule has 0 aromatic heterocycles. The molecule has 0 radical (unpaired) electrons. The van der Waals surface area contributed by atoms with Crippen molar-refractivity contribution in [2.75, 3.05) is 19.8 Å². The van der Waals surface area contributed by atoms with E-state index in [9.17, 15) is 4.79 Å². The molecular weight excluding hydrogens is 182 g/mol. The number of hydrogen-bond acceptors (Lipinski definition) is 4. The molecule has 2 saturated heterocycles. The SMILES string of the molecule is O=C(OC1CCCOC1)C1CCCN1. The number of nitrogens with one attached hydrogen (secondary N) is 1. The topological polar surface area (TPSA) is 47.6 Å². The molecule has 2 atom stereocenters. The third-order valence-electron chi connectivity index (χ3n) is 2.75. The van der Waals surface area contributed by atoms with Gasteiger partial charge in [-0.15, -0.1) is 0 Å². The maximum atomic E-state index is 11.6. The maximum Gasteiger partial charge on any atom is 0.323 e. The van der Waals surface area contributed by atoms with Gasteiger partial charge in [0.15, 0.2) is 0 Å². The van der Waals surface area contributed by atoms with E-state index in [0.717, 1.165) is 38.8 Å². The van der Waals surface area contributed by atoms with Crippen LogP contribution in [0.15, 0.2) is 0 Å². The minimum absolute atomic E-state index is 0.0151. The van der Waals surface area contributed by atoms with Crippen LogP contribution in [0, 0.1) is 0 Å². The van der Waals surface area contributed by atoms with E-state index in [1.807, 2.05) is 0 Å². The fourth-order valence-corrected chi connectivity index (χ4v) is 1.94. The summed E-state index contributed by atoms with van der Waals surface area (Å²) in [6.45, 7) is 2.30. The highest BCUT2D eigenvalue weighted by molar-refractivity contribution is 5.76. The zero-order valence-corrected chi connectivity index (χ0v) is 8.33. The molecule has 1 N–H and O–H groups in total. The molecule has 0 aromatic carbocycles. The third-order valence-corrected chi connectivity index (χ3v) is 2.75. The van der Waals surface area contributed by atoms with Gasteiger partial charge in [0.1, 0.15) is 12.1 Å². The number of carbonyl (C=O) groups excluding carboxylic acids is 1. The number of hydrogen-bond donors (Lipinski definition) is 1. The van der Waals surface area contributed by atoms with Gasteiger partial charge in [-0.2, -0.15) is 0 Å². The smallest absolute Gasteiger partial charge is 0.323 e. The van der Waals surface area contributed by atoms with Crippen molar-refractivity contribution >= 4 is 5.97 Å². The first kappa shape index (κ1) is 9.93. The van der Waals surface area contributed by atoms with Crippen LogP contribution in [0.3, 0.4) is 0 Å². The average Bonchev–Trinajstić information content (AvgIpc) is 2.72. The summed E-state index contributed by atoms with van der Waals surface area (Å²) in [7, 11) is 0. The molecule has 2 heterocycles. The van der Waals surface area contributed by atoms with Crippen molar-refractivity contribution in [2.24, 2.45) is 0 Å². The summed E-state index contributed by atoms with van der Waals surface area (Å²) in [6.07, 6.45) is 3.90. The van der Waals surface area contributed by atoms with Crippen LogP contribution in [0.25, 0.3) is 0 Å². The second-order valence-corrected chi connectivity index (χ2v) is 3.92. The van der Waals surface area contributed by atoms with Crippen LogP contribution in [0.4, 0.5) is 0 Å². The Balaban J connectivity index is 1.75. The van der Waals surface area contributed by atoms with Gasteiger partial charge in [-0.25, -0.2) is 0 Å². The van der Waals surface area contributed by atoms with Crippen molar-refractivity contribution in [2.45, 2.75) is 37.8 Å². The molecule has 0 spiro atoms. The molecule has 14 heavy (non-hydrogen) atoms. The standard InChI is InChI=1S/C10H17NO3/c12-10(9-4-1-5-11-9)14-8-3-2-6-13-7-8/h8-9,11H,1-7H2. The molecule has 0 aliphatic carbocycles. The molecule has 2 aliphatic rings. The fourth-order valence-electron chi connectivity index (χ4n) is 1.94. The zero-order valence-electron chi connectivity index (χ0n) is 8.33. The van der Waals surface area contributed by atoms with E-state index in [4.69, 9.17) is 9.47 Å². The Morgan fingerprint density at radius 3 is 2.93 bits per heavy atom. The largest absolute Gasteiger partial charge is 0.459 e. The molecule has 0 amide bonds. The lowest BCUT2D eigenvalue weighted by Gasteiger charge is -2.23. The van der Waals surface area contributed by atoms with Crippen molar-refractivity contribution in [3.8, 4) is 0 Å². The summed E-state index contributed by atoms with van der Waals surface area (Å²) in [5.41, 5.74) is 0. The van der Waals surface area contributed by atoms with E-state index >= 15 is 0 Å². The monoisotopic (exact) mass is 199 g/mol. The van der Waals surface area contributed by atoms with Crippen LogP contribution >= 0.6 is 0 Å². The highest BCUT2D eigenvalue weighted by Crippen LogP contribution is 2.13. The quantitative estimate of drug-likeness (QED) is 0.656. The summed E-state index contributed by atoms with van der Waals surface area (Å²) >= 11 is 0. The van der Waals surface area contributed by atoms with Crippen LogP contribution < -0.4 is 5.32 Å². The van der Waals surface area contributed by atoms with E-state index in [-0.39, 0.29) is 18.1 Å². The normalized spacial score (nSPS) is 32.9. The van der Waals surface area contributed by atoms with E-state index < -0.39 is 0 Å². The molecule has 2 rings (SSSR count). The summed E-state index contributed by atoms with van der Waals surface area (Å²) in [5.74, 6) is -0.0991. The van der Waals surface area contributed by atoms with E-state index in [0.29, 0.717) is 6.61 Å². The van der Waals surface area contributed by atoms with Gasteiger partial charge in [-0.05, 0) is 32.2 Å². The van der Waals surface area contributed by atoms with Crippen LogP contribution in [0.1, 0.15) is 25.7 Å². The summed E-state index contributed by atoms with van der Waals surface area (Å²) < 4.78 is 10.6. The fraction of sp³-hybridized carbons (Fsp3) is 0.900. The summed E-state index contributed by atoms with van der Waals surface area (Å²) in [5, 5.41) is 3.13. The second-order valence-electron chi connectivity index (χ2n) is 3.92. The van der Waals surface area contributed by atoms with Crippen molar-refractivity contribution < 1.29 is 14.3 Å². The second kappa shape index (κ2) is 4.75. The van der Waals surface area contributed by atoms with Crippen molar-refractivity contribution in [3.05, 3.63) is 0 Å². The Hall–Kier alpha value is -0.610. The Kier molecular flexibility index (Phi) is 3.37. The van der Waals surface area contributed by atoms with Crippen molar-refractivity contribution in [1.82, 2.24) is 5.32 Å². The first-order valence-electron chi connectivity index (χ1n) is 5.38. The van der Waals surface area contributed by atoms with Crippen LogP contribution in [0.2, 0.25) is 0 Å². The molecule has 2 fully saturated rings. The van der Waals surface area contributed by atoms with Gasteiger partial charge in [-0.1, -0.05) is 0 Å². The Morgan fingerprint density at radius 2 is 2.29 bits per heavy atom. The minimum atomic E-state index is -0.0991. The molecule has 0 aromatic rings. The molecule has 2 aliphatic heterocycles. The third kappa shape index (κ3) is 2.45. The number of rotatable bonds is 2. The summed E-state index contributed by atoms with van der Waals surface area (Å²) in [4.78, 5) is 11.6. The number of esters is 1. The Morgan fingerprint density at radius 1 is 1.36 bits per heavy atom.